The molecule has 2 saturated carbocycles. The summed E-state index contributed by atoms with van der Waals surface area (Å²) in [6, 6.07) is 8.28. The SMILES string of the molecule is CC1CCC(CC2CC23CCN[C@@H](C(=O)N[C@@H](CO)[C@@H](O)c2ccccc2)C3)CC1. The summed E-state index contributed by atoms with van der Waals surface area (Å²) in [6.07, 6.45) is 9.25. The number of carbonyl (C=O) groups is 1. The number of carbonyl (C=O) groups excluding carboxylic acids is 1. The van der Waals surface area contributed by atoms with Crippen LogP contribution in [0.1, 0.15) is 70.0 Å². The average molecular weight is 415 g/mol. The van der Waals surface area contributed by atoms with Crippen LogP contribution in [0.25, 0.3) is 0 Å². The fourth-order valence-electron chi connectivity index (χ4n) is 5.94. The number of nitrogens with one attached hydrogen (secondary N) is 2. The molecule has 0 radical (unpaired) electrons. The molecular formula is C25H38N2O3. The molecule has 2 aliphatic carbocycles. The highest BCUT2D eigenvalue weighted by molar-refractivity contribution is 5.82. The maximum absolute atomic E-state index is 13.0. The maximum atomic E-state index is 13.0. The van der Waals surface area contributed by atoms with E-state index in [0.29, 0.717) is 11.0 Å². The van der Waals surface area contributed by atoms with Crippen LogP contribution in [0.5, 0.6) is 0 Å². The average Bonchev–Trinajstić information content (AvgIpc) is 3.43. The number of aliphatic hydroxyl groups is 2. The van der Waals surface area contributed by atoms with E-state index in [0.717, 1.165) is 30.7 Å². The van der Waals surface area contributed by atoms with E-state index in [-0.39, 0.29) is 18.6 Å². The van der Waals surface area contributed by atoms with Gasteiger partial charge in [0, 0.05) is 0 Å². The van der Waals surface area contributed by atoms with Crippen molar-refractivity contribution >= 4 is 5.91 Å². The lowest BCUT2D eigenvalue weighted by Gasteiger charge is -2.33. The molecule has 1 saturated heterocycles. The molecule has 3 aliphatic rings. The molecule has 30 heavy (non-hydrogen) atoms. The van der Waals surface area contributed by atoms with Crippen LogP contribution in [0.4, 0.5) is 0 Å². The Labute approximate surface area is 180 Å². The normalized spacial score (nSPS) is 35.6. The van der Waals surface area contributed by atoms with Gasteiger partial charge in [0.05, 0.1) is 18.7 Å². The van der Waals surface area contributed by atoms with Gasteiger partial charge in [-0.2, -0.15) is 0 Å². The Kier molecular flexibility index (Phi) is 6.81. The van der Waals surface area contributed by atoms with Crippen LogP contribution in [0, 0.1) is 23.2 Å². The number of amides is 1. The molecule has 1 aromatic rings. The Bertz CT molecular complexity index is 704. The predicted octanol–water partition coefficient (Wildman–Crippen LogP) is 3.17. The minimum Gasteiger partial charge on any atom is -0.394 e. The van der Waals surface area contributed by atoms with E-state index in [1.165, 1.54) is 44.9 Å². The molecule has 2 unspecified atom stereocenters. The molecular weight excluding hydrogens is 376 g/mol. The van der Waals surface area contributed by atoms with Crippen molar-refractivity contribution in [2.45, 2.75) is 76.5 Å². The van der Waals surface area contributed by atoms with E-state index < -0.39 is 12.1 Å². The van der Waals surface area contributed by atoms with Crippen LogP contribution in [-0.2, 0) is 4.79 Å². The molecule has 4 N–H and O–H groups in total. The van der Waals surface area contributed by atoms with Gasteiger partial charge in [0.1, 0.15) is 6.10 Å². The zero-order valence-electron chi connectivity index (χ0n) is 18.2. The monoisotopic (exact) mass is 414 g/mol. The third-order valence-corrected chi connectivity index (χ3v) is 8.10. The number of rotatable bonds is 7. The van der Waals surface area contributed by atoms with Crippen molar-refractivity contribution in [2.75, 3.05) is 13.2 Å². The Morgan fingerprint density at radius 3 is 2.63 bits per heavy atom. The topological polar surface area (TPSA) is 81.6 Å². The van der Waals surface area contributed by atoms with E-state index in [9.17, 15) is 15.0 Å². The first-order chi connectivity index (χ1) is 14.5. The first kappa shape index (κ1) is 21.8. The Morgan fingerprint density at radius 1 is 1.20 bits per heavy atom. The molecule has 0 bridgehead atoms. The molecule has 5 atom stereocenters. The number of aliphatic hydroxyl groups excluding tert-OH is 2. The first-order valence-corrected chi connectivity index (χ1v) is 11.9. The van der Waals surface area contributed by atoms with Gasteiger partial charge >= 0.3 is 0 Å². The zero-order chi connectivity index (χ0) is 21.1. The minimum absolute atomic E-state index is 0.0970. The van der Waals surface area contributed by atoms with Crippen LogP contribution < -0.4 is 10.6 Å². The summed E-state index contributed by atoms with van der Waals surface area (Å²) in [5, 5.41) is 26.6. The maximum Gasteiger partial charge on any atom is 0.237 e. The van der Waals surface area contributed by atoms with Gasteiger partial charge in [-0.3, -0.25) is 4.79 Å². The molecule has 0 aromatic heterocycles. The fourth-order valence-corrected chi connectivity index (χ4v) is 5.94. The van der Waals surface area contributed by atoms with Crippen molar-refractivity contribution in [3.63, 3.8) is 0 Å². The van der Waals surface area contributed by atoms with Crippen LogP contribution in [0.2, 0.25) is 0 Å². The second-order valence-electron chi connectivity index (χ2n) is 10.2. The van der Waals surface area contributed by atoms with Crippen molar-refractivity contribution in [1.29, 1.82) is 0 Å². The molecule has 1 aromatic carbocycles. The number of benzene rings is 1. The standard InChI is InChI=1S/C25H38N2O3/c1-17-7-9-18(10-8-17)13-20-14-25(20)11-12-26-21(15-25)24(30)27-22(16-28)23(29)19-5-3-2-4-6-19/h2-6,17-18,20-23,26,28-29H,7-16H2,1H3,(H,27,30)/t17?,18?,20?,21-,22+,23+,25?/m1/s1. The first-order valence-electron chi connectivity index (χ1n) is 11.9. The van der Waals surface area contributed by atoms with Gasteiger partial charge in [-0.15, -0.1) is 0 Å². The van der Waals surface area contributed by atoms with Gasteiger partial charge in [0.25, 0.3) is 0 Å². The zero-order valence-corrected chi connectivity index (χ0v) is 18.2. The van der Waals surface area contributed by atoms with E-state index in [1.807, 2.05) is 30.3 Å². The molecule has 5 heteroatoms. The van der Waals surface area contributed by atoms with Crippen molar-refractivity contribution < 1.29 is 15.0 Å². The van der Waals surface area contributed by atoms with Gasteiger partial charge in [-0.05, 0) is 61.0 Å². The Morgan fingerprint density at radius 2 is 1.93 bits per heavy atom. The quantitative estimate of drug-likeness (QED) is 0.552. The van der Waals surface area contributed by atoms with E-state index in [1.54, 1.807) is 0 Å². The van der Waals surface area contributed by atoms with Crippen LogP contribution >= 0.6 is 0 Å². The van der Waals surface area contributed by atoms with E-state index in [2.05, 4.69) is 17.6 Å². The Hall–Kier alpha value is -1.43. The summed E-state index contributed by atoms with van der Waals surface area (Å²) in [5.74, 6) is 2.46. The summed E-state index contributed by atoms with van der Waals surface area (Å²) in [4.78, 5) is 13.0. The minimum atomic E-state index is -0.917. The lowest BCUT2D eigenvalue weighted by atomic mass is 9.78. The smallest absolute Gasteiger partial charge is 0.237 e. The third kappa shape index (κ3) is 4.90. The number of hydrogen-bond acceptors (Lipinski definition) is 4. The van der Waals surface area contributed by atoms with Gasteiger partial charge in [-0.25, -0.2) is 0 Å². The van der Waals surface area contributed by atoms with Crippen LogP contribution in [0.3, 0.4) is 0 Å². The molecule has 1 aliphatic heterocycles. The number of hydrogen-bond donors (Lipinski definition) is 4. The van der Waals surface area contributed by atoms with E-state index in [4.69, 9.17) is 0 Å². The largest absolute Gasteiger partial charge is 0.394 e. The summed E-state index contributed by atoms with van der Waals surface area (Å²) >= 11 is 0. The molecule has 4 rings (SSSR count). The summed E-state index contributed by atoms with van der Waals surface area (Å²) in [7, 11) is 0. The van der Waals surface area contributed by atoms with Gasteiger partial charge in [0.2, 0.25) is 5.91 Å². The molecule has 1 spiro atoms. The van der Waals surface area contributed by atoms with Crippen LogP contribution in [-0.4, -0.2) is 41.4 Å². The lowest BCUT2D eigenvalue weighted by Crippen LogP contribution is -2.53. The predicted molar refractivity (Wildman–Crippen MR) is 118 cm³/mol. The molecule has 3 fully saturated rings. The highest BCUT2D eigenvalue weighted by Crippen LogP contribution is 2.62. The summed E-state index contributed by atoms with van der Waals surface area (Å²) in [6.45, 7) is 2.96. The van der Waals surface area contributed by atoms with Crippen molar-refractivity contribution in [3.8, 4) is 0 Å². The summed E-state index contributed by atoms with van der Waals surface area (Å²) in [5.41, 5.74) is 1.04. The van der Waals surface area contributed by atoms with Crippen molar-refractivity contribution in [2.24, 2.45) is 23.2 Å². The highest BCUT2D eigenvalue weighted by Gasteiger charge is 2.56. The van der Waals surface area contributed by atoms with Gasteiger partial charge in [-0.1, -0.05) is 62.9 Å². The van der Waals surface area contributed by atoms with Crippen molar-refractivity contribution in [1.82, 2.24) is 10.6 Å². The molecule has 166 valence electrons. The van der Waals surface area contributed by atoms with E-state index >= 15 is 0 Å². The molecule has 1 amide bonds. The lowest BCUT2D eigenvalue weighted by molar-refractivity contribution is -0.126. The highest BCUT2D eigenvalue weighted by atomic mass is 16.3. The fraction of sp³-hybridized carbons (Fsp3) is 0.720. The second-order valence-corrected chi connectivity index (χ2v) is 10.2. The number of piperidine rings is 1. The third-order valence-electron chi connectivity index (χ3n) is 8.10. The van der Waals surface area contributed by atoms with Gasteiger partial charge < -0.3 is 20.8 Å². The van der Waals surface area contributed by atoms with Crippen LogP contribution in [0.15, 0.2) is 30.3 Å². The molecule has 1 heterocycles. The molecule has 5 nitrogen and oxygen atoms in total. The second kappa shape index (κ2) is 9.37. The van der Waals surface area contributed by atoms with Crippen molar-refractivity contribution in [3.05, 3.63) is 35.9 Å². The van der Waals surface area contributed by atoms with Gasteiger partial charge in [0.15, 0.2) is 0 Å². The Balaban J connectivity index is 1.30. The summed E-state index contributed by atoms with van der Waals surface area (Å²) < 4.78 is 0.